The lowest BCUT2D eigenvalue weighted by Crippen LogP contribution is -2.61. The largest absolute Gasteiger partial charge is 0.330 e. The predicted molar refractivity (Wildman–Crippen MR) is 87.7 cm³/mol. The van der Waals surface area contributed by atoms with Crippen LogP contribution in [0.3, 0.4) is 0 Å². The standard InChI is InChI=1S/C17H25N3O2/c1-13(2)19-12-15(10-11-18(3)4)20(17(22)16(19)21)14-8-6-5-7-9-14/h5-9,13,15H,10-12H2,1-4H3. The molecule has 0 saturated carbocycles. The van der Waals surface area contributed by atoms with Gasteiger partial charge in [0.15, 0.2) is 0 Å². The molecule has 1 aromatic carbocycles. The van der Waals surface area contributed by atoms with Gasteiger partial charge in [-0.05, 0) is 53.0 Å². The lowest BCUT2D eigenvalue weighted by Gasteiger charge is -2.42. The van der Waals surface area contributed by atoms with Crippen molar-refractivity contribution in [3.05, 3.63) is 30.3 Å². The van der Waals surface area contributed by atoms with Gasteiger partial charge < -0.3 is 9.80 Å². The first-order valence-corrected chi connectivity index (χ1v) is 7.75. The number of piperazine rings is 1. The summed E-state index contributed by atoms with van der Waals surface area (Å²) in [5.74, 6) is -0.824. The van der Waals surface area contributed by atoms with Crippen molar-refractivity contribution in [2.24, 2.45) is 0 Å². The summed E-state index contributed by atoms with van der Waals surface area (Å²) in [5, 5.41) is 0. The quantitative estimate of drug-likeness (QED) is 0.776. The second-order valence-electron chi connectivity index (χ2n) is 6.31. The topological polar surface area (TPSA) is 43.9 Å². The van der Waals surface area contributed by atoms with Crippen LogP contribution < -0.4 is 4.90 Å². The fourth-order valence-electron chi connectivity index (χ4n) is 2.77. The van der Waals surface area contributed by atoms with Crippen LogP contribution in [0.15, 0.2) is 30.3 Å². The van der Waals surface area contributed by atoms with Crippen LogP contribution in [0.2, 0.25) is 0 Å². The number of para-hydroxylation sites is 1. The maximum Gasteiger partial charge on any atom is 0.316 e. The van der Waals surface area contributed by atoms with Gasteiger partial charge in [0.2, 0.25) is 0 Å². The van der Waals surface area contributed by atoms with Gasteiger partial charge in [-0.15, -0.1) is 0 Å². The van der Waals surface area contributed by atoms with E-state index in [1.807, 2.05) is 58.3 Å². The molecule has 1 aliphatic heterocycles. The average Bonchev–Trinajstić information content (AvgIpc) is 2.48. The Labute approximate surface area is 132 Å². The molecule has 0 N–H and O–H groups in total. The maximum absolute atomic E-state index is 12.6. The highest BCUT2D eigenvalue weighted by Gasteiger charge is 2.40. The molecule has 1 atom stereocenters. The highest BCUT2D eigenvalue weighted by Crippen LogP contribution is 2.24. The molecule has 5 heteroatoms. The van der Waals surface area contributed by atoms with E-state index >= 15 is 0 Å². The van der Waals surface area contributed by atoms with E-state index in [0.29, 0.717) is 6.54 Å². The lowest BCUT2D eigenvalue weighted by atomic mass is 10.0. The number of carbonyl (C=O) groups excluding carboxylic acids is 2. The third-order valence-corrected chi connectivity index (χ3v) is 4.00. The molecule has 1 saturated heterocycles. The minimum absolute atomic E-state index is 0.0115. The van der Waals surface area contributed by atoms with E-state index in [1.54, 1.807) is 9.80 Å². The normalized spacial score (nSPS) is 19.5. The van der Waals surface area contributed by atoms with E-state index in [4.69, 9.17) is 0 Å². The number of hydrogen-bond acceptors (Lipinski definition) is 3. The van der Waals surface area contributed by atoms with Gasteiger partial charge in [0, 0.05) is 18.3 Å². The molecule has 22 heavy (non-hydrogen) atoms. The molecular weight excluding hydrogens is 278 g/mol. The van der Waals surface area contributed by atoms with Crippen LogP contribution in [0.4, 0.5) is 5.69 Å². The molecule has 0 spiro atoms. The number of benzene rings is 1. The first-order valence-electron chi connectivity index (χ1n) is 7.75. The van der Waals surface area contributed by atoms with E-state index in [-0.39, 0.29) is 12.1 Å². The number of hydrogen-bond donors (Lipinski definition) is 0. The van der Waals surface area contributed by atoms with Crippen LogP contribution in [0.5, 0.6) is 0 Å². The van der Waals surface area contributed by atoms with Gasteiger partial charge in [-0.25, -0.2) is 0 Å². The summed E-state index contributed by atoms with van der Waals surface area (Å²) < 4.78 is 0. The lowest BCUT2D eigenvalue weighted by molar-refractivity contribution is -0.148. The van der Waals surface area contributed by atoms with Crippen molar-refractivity contribution in [3.63, 3.8) is 0 Å². The zero-order valence-corrected chi connectivity index (χ0v) is 13.8. The second-order valence-corrected chi connectivity index (χ2v) is 6.31. The minimum Gasteiger partial charge on any atom is -0.330 e. The molecule has 1 unspecified atom stereocenters. The molecule has 1 aliphatic rings. The van der Waals surface area contributed by atoms with E-state index < -0.39 is 11.8 Å². The van der Waals surface area contributed by atoms with Crippen LogP contribution >= 0.6 is 0 Å². The van der Waals surface area contributed by atoms with Crippen LogP contribution in [0.1, 0.15) is 20.3 Å². The molecule has 1 heterocycles. The van der Waals surface area contributed by atoms with Gasteiger partial charge in [-0.1, -0.05) is 18.2 Å². The Morgan fingerprint density at radius 1 is 1.14 bits per heavy atom. The van der Waals surface area contributed by atoms with Gasteiger partial charge in [-0.3, -0.25) is 14.5 Å². The molecule has 120 valence electrons. The van der Waals surface area contributed by atoms with Crippen LogP contribution in [0.25, 0.3) is 0 Å². The molecule has 1 fully saturated rings. The van der Waals surface area contributed by atoms with E-state index in [1.165, 1.54) is 0 Å². The van der Waals surface area contributed by atoms with Gasteiger partial charge in [0.25, 0.3) is 0 Å². The summed E-state index contributed by atoms with van der Waals surface area (Å²) in [6.45, 7) is 5.37. The van der Waals surface area contributed by atoms with Crippen LogP contribution in [-0.2, 0) is 9.59 Å². The Balaban J connectivity index is 2.30. The SMILES string of the molecule is CC(C)N1CC(CCN(C)C)N(c2ccccc2)C(=O)C1=O. The fourth-order valence-corrected chi connectivity index (χ4v) is 2.77. The van der Waals surface area contributed by atoms with Crippen LogP contribution in [-0.4, -0.2) is 60.9 Å². The van der Waals surface area contributed by atoms with Crippen molar-refractivity contribution in [1.29, 1.82) is 0 Å². The maximum atomic E-state index is 12.6. The monoisotopic (exact) mass is 303 g/mol. The number of carbonyl (C=O) groups is 2. The summed E-state index contributed by atoms with van der Waals surface area (Å²) in [4.78, 5) is 30.4. The molecular formula is C17H25N3O2. The van der Waals surface area contributed by atoms with Crippen molar-refractivity contribution in [1.82, 2.24) is 9.80 Å². The molecule has 0 aliphatic carbocycles. The summed E-state index contributed by atoms with van der Waals surface area (Å²) in [7, 11) is 4.03. The molecule has 0 bridgehead atoms. The first kappa shape index (κ1) is 16.5. The Kier molecular flexibility index (Phi) is 5.19. The summed E-state index contributed by atoms with van der Waals surface area (Å²) in [6.07, 6.45) is 0.837. The molecule has 0 radical (unpaired) electrons. The fraction of sp³-hybridized carbons (Fsp3) is 0.529. The summed E-state index contributed by atoms with van der Waals surface area (Å²) in [6, 6.07) is 9.52. The Morgan fingerprint density at radius 2 is 1.77 bits per heavy atom. The summed E-state index contributed by atoms with van der Waals surface area (Å²) >= 11 is 0. The Hall–Kier alpha value is -1.88. The van der Waals surface area contributed by atoms with Crippen molar-refractivity contribution in [2.45, 2.75) is 32.4 Å². The highest BCUT2D eigenvalue weighted by atomic mass is 16.2. The van der Waals surface area contributed by atoms with Crippen LogP contribution in [0, 0.1) is 0 Å². The van der Waals surface area contributed by atoms with Crippen molar-refractivity contribution < 1.29 is 9.59 Å². The zero-order valence-electron chi connectivity index (χ0n) is 13.8. The third kappa shape index (κ3) is 3.47. The van der Waals surface area contributed by atoms with E-state index in [9.17, 15) is 9.59 Å². The molecule has 5 nitrogen and oxygen atoms in total. The third-order valence-electron chi connectivity index (χ3n) is 4.00. The molecule has 2 amide bonds. The number of nitrogens with zero attached hydrogens (tertiary/aromatic N) is 3. The average molecular weight is 303 g/mol. The highest BCUT2D eigenvalue weighted by molar-refractivity contribution is 6.41. The molecule has 1 aromatic rings. The van der Waals surface area contributed by atoms with Crippen molar-refractivity contribution in [2.75, 3.05) is 32.1 Å². The minimum atomic E-state index is -0.421. The number of rotatable bonds is 5. The van der Waals surface area contributed by atoms with E-state index in [0.717, 1.165) is 18.7 Å². The first-order chi connectivity index (χ1) is 10.4. The zero-order chi connectivity index (χ0) is 16.3. The van der Waals surface area contributed by atoms with Crippen molar-refractivity contribution >= 4 is 17.5 Å². The Morgan fingerprint density at radius 3 is 2.32 bits per heavy atom. The van der Waals surface area contributed by atoms with Gasteiger partial charge >= 0.3 is 11.8 Å². The second kappa shape index (κ2) is 6.92. The van der Waals surface area contributed by atoms with Crippen molar-refractivity contribution in [3.8, 4) is 0 Å². The smallest absolute Gasteiger partial charge is 0.316 e. The number of amides is 2. The van der Waals surface area contributed by atoms with Gasteiger partial charge in [0.1, 0.15) is 0 Å². The van der Waals surface area contributed by atoms with Gasteiger partial charge in [0.05, 0.1) is 6.04 Å². The number of anilines is 1. The summed E-state index contributed by atoms with van der Waals surface area (Å²) in [5.41, 5.74) is 0.799. The van der Waals surface area contributed by atoms with E-state index in [2.05, 4.69) is 4.90 Å². The predicted octanol–water partition coefficient (Wildman–Crippen LogP) is 1.59. The van der Waals surface area contributed by atoms with Gasteiger partial charge in [-0.2, -0.15) is 0 Å². The molecule has 2 rings (SSSR count). The Bertz CT molecular complexity index is 528. The molecule has 0 aromatic heterocycles.